The Kier molecular flexibility index (Phi) is 6.79. The van der Waals surface area contributed by atoms with E-state index in [1.165, 1.54) is 22.3 Å². The van der Waals surface area contributed by atoms with E-state index >= 15 is 0 Å². The molecule has 1 rings (SSSR count). The van der Waals surface area contributed by atoms with Crippen molar-refractivity contribution in [2.75, 3.05) is 0 Å². The maximum absolute atomic E-state index is 3.92. The van der Waals surface area contributed by atoms with Crippen molar-refractivity contribution < 1.29 is 0 Å². The molecule has 0 amide bonds. The van der Waals surface area contributed by atoms with E-state index in [9.17, 15) is 0 Å². The standard InChI is InChI=1S/C20H26/c1-6-11-16-17(12-7-2)19(14-9-4)20(15-10-5)18(16)13-8-3/h6-10,16H,1-5,11-15H2. The maximum Gasteiger partial charge on any atom is 0.00596 e. The highest BCUT2D eigenvalue weighted by molar-refractivity contribution is 5.52. The maximum atomic E-state index is 3.92. The molecule has 20 heavy (non-hydrogen) atoms. The average molecular weight is 266 g/mol. The van der Waals surface area contributed by atoms with E-state index in [0.29, 0.717) is 5.92 Å². The SMILES string of the molecule is C=CCC1=C(CC=C)C(CC=C)C(CC=C)=C1CC=C. The Labute approximate surface area is 124 Å². The Morgan fingerprint density at radius 3 is 1.30 bits per heavy atom. The molecule has 0 bridgehead atoms. The van der Waals surface area contributed by atoms with Gasteiger partial charge in [-0.05, 0) is 43.3 Å². The normalized spacial score (nSPS) is 15.4. The van der Waals surface area contributed by atoms with Gasteiger partial charge in [0.25, 0.3) is 0 Å². The molecule has 0 heteroatoms. The zero-order valence-corrected chi connectivity index (χ0v) is 12.5. The molecule has 0 aliphatic heterocycles. The van der Waals surface area contributed by atoms with Crippen LogP contribution in [0.15, 0.2) is 85.6 Å². The highest BCUT2D eigenvalue weighted by Gasteiger charge is 2.29. The van der Waals surface area contributed by atoms with Gasteiger partial charge in [-0.1, -0.05) is 41.5 Å². The molecule has 0 nitrogen and oxygen atoms in total. The minimum atomic E-state index is 0.452. The minimum Gasteiger partial charge on any atom is -0.103 e. The van der Waals surface area contributed by atoms with E-state index in [1.807, 2.05) is 30.4 Å². The number of allylic oxidation sites excluding steroid dienone is 9. The van der Waals surface area contributed by atoms with Crippen molar-refractivity contribution in [3.63, 3.8) is 0 Å². The van der Waals surface area contributed by atoms with Crippen molar-refractivity contribution in [2.45, 2.75) is 32.1 Å². The van der Waals surface area contributed by atoms with E-state index < -0.39 is 0 Å². The van der Waals surface area contributed by atoms with Gasteiger partial charge in [-0.2, -0.15) is 0 Å². The van der Waals surface area contributed by atoms with Crippen molar-refractivity contribution in [1.82, 2.24) is 0 Å². The van der Waals surface area contributed by atoms with Crippen molar-refractivity contribution in [3.05, 3.63) is 85.6 Å². The molecule has 0 radical (unpaired) electrons. The first-order valence-electron chi connectivity index (χ1n) is 7.23. The Balaban J connectivity index is 3.36. The third kappa shape index (κ3) is 3.39. The summed E-state index contributed by atoms with van der Waals surface area (Å²) in [4.78, 5) is 0. The lowest BCUT2D eigenvalue weighted by Crippen LogP contribution is -2.03. The largest absolute Gasteiger partial charge is 0.103 e. The molecule has 0 unspecified atom stereocenters. The fraction of sp³-hybridized carbons (Fsp3) is 0.300. The molecule has 0 aromatic rings. The van der Waals surface area contributed by atoms with Crippen molar-refractivity contribution in [2.24, 2.45) is 5.92 Å². The highest BCUT2D eigenvalue weighted by atomic mass is 14.3. The van der Waals surface area contributed by atoms with Crippen LogP contribution in [0, 0.1) is 5.92 Å². The fourth-order valence-electron chi connectivity index (χ4n) is 3.11. The summed E-state index contributed by atoms with van der Waals surface area (Å²) in [7, 11) is 0. The van der Waals surface area contributed by atoms with Crippen molar-refractivity contribution in [3.8, 4) is 0 Å². The third-order valence-electron chi connectivity index (χ3n) is 3.81. The Morgan fingerprint density at radius 1 is 0.600 bits per heavy atom. The van der Waals surface area contributed by atoms with Gasteiger partial charge in [0.1, 0.15) is 0 Å². The van der Waals surface area contributed by atoms with E-state index in [4.69, 9.17) is 0 Å². The van der Waals surface area contributed by atoms with Crippen LogP contribution in [0.3, 0.4) is 0 Å². The molecule has 106 valence electrons. The zero-order chi connectivity index (χ0) is 15.0. The van der Waals surface area contributed by atoms with E-state index in [2.05, 4.69) is 32.9 Å². The molecule has 0 saturated heterocycles. The number of hydrogen-bond donors (Lipinski definition) is 0. The molecule has 0 fully saturated rings. The zero-order valence-electron chi connectivity index (χ0n) is 12.5. The predicted octanol–water partition coefficient (Wildman–Crippen LogP) is 6.09. The molecule has 0 atom stereocenters. The molecular weight excluding hydrogens is 240 g/mol. The average Bonchev–Trinajstić information content (AvgIpc) is 2.68. The minimum absolute atomic E-state index is 0.452. The van der Waals surface area contributed by atoms with Gasteiger partial charge in [-0.3, -0.25) is 0 Å². The molecule has 0 spiro atoms. The third-order valence-corrected chi connectivity index (χ3v) is 3.81. The molecular formula is C20H26. The molecule has 0 saturated carbocycles. The van der Waals surface area contributed by atoms with Gasteiger partial charge in [0.15, 0.2) is 0 Å². The van der Waals surface area contributed by atoms with Crippen molar-refractivity contribution >= 4 is 0 Å². The van der Waals surface area contributed by atoms with Crippen LogP contribution in [0.1, 0.15) is 32.1 Å². The van der Waals surface area contributed by atoms with Crippen LogP contribution in [0.4, 0.5) is 0 Å². The molecule has 0 N–H and O–H groups in total. The summed E-state index contributed by atoms with van der Waals surface area (Å²) >= 11 is 0. The van der Waals surface area contributed by atoms with E-state index in [0.717, 1.165) is 32.1 Å². The van der Waals surface area contributed by atoms with Crippen LogP contribution in [0.25, 0.3) is 0 Å². The molecule has 0 heterocycles. The first kappa shape index (κ1) is 16.2. The highest BCUT2D eigenvalue weighted by Crippen LogP contribution is 2.45. The second-order valence-corrected chi connectivity index (χ2v) is 5.06. The summed E-state index contributed by atoms with van der Waals surface area (Å²) < 4.78 is 0. The van der Waals surface area contributed by atoms with Gasteiger partial charge in [-0.25, -0.2) is 0 Å². The molecule has 0 aromatic heterocycles. The van der Waals surface area contributed by atoms with Crippen LogP contribution in [-0.4, -0.2) is 0 Å². The summed E-state index contributed by atoms with van der Waals surface area (Å²) in [5, 5.41) is 0. The summed E-state index contributed by atoms with van der Waals surface area (Å²) in [5.74, 6) is 0.452. The van der Waals surface area contributed by atoms with Gasteiger partial charge >= 0.3 is 0 Å². The van der Waals surface area contributed by atoms with Crippen molar-refractivity contribution in [1.29, 1.82) is 0 Å². The second-order valence-electron chi connectivity index (χ2n) is 5.06. The quantitative estimate of drug-likeness (QED) is 0.420. The molecule has 1 aliphatic carbocycles. The van der Waals surface area contributed by atoms with Gasteiger partial charge in [0.05, 0.1) is 0 Å². The lowest BCUT2D eigenvalue weighted by Gasteiger charge is -2.17. The van der Waals surface area contributed by atoms with Crippen LogP contribution in [0.2, 0.25) is 0 Å². The lowest BCUT2D eigenvalue weighted by molar-refractivity contribution is 0.703. The number of hydrogen-bond acceptors (Lipinski definition) is 0. The first-order valence-corrected chi connectivity index (χ1v) is 7.23. The first-order chi connectivity index (χ1) is 9.74. The monoisotopic (exact) mass is 266 g/mol. The van der Waals surface area contributed by atoms with Gasteiger partial charge in [0.2, 0.25) is 0 Å². The molecule has 0 aromatic carbocycles. The molecule has 1 aliphatic rings. The van der Waals surface area contributed by atoms with E-state index in [-0.39, 0.29) is 0 Å². The fourth-order valence-corrected chi connectivity index (χ4v) is 3.11. The predicted molar refractivity (Wildman–Crippen MR) is 91.6 cm³/mol. The summed E-state index contributed by atoms with van der Waals surface area (Å²) in [6, 6.07) is 0. The lowest BCUT2D eigenvalue weighted by atomic mass is 9.87. The van der Waals surface area contributed by atoms with Crippen LogP contribution >= 0.6 is 0 Å². The van der Waals surface area contributed by atoms with E-state index in [1.54, 1.807) is 0 Å². The van der Waals surface area contributed by atoms with Gasteiger partial charge in [-0.15, -0.1) is 32.9 Å². The van der Waals surface area contributed by atoms with Gasteiger partial charge < -0.3 is 0 Å². The second kappa shape index (κ2) is 8.37. The smallest absolute Gasteiger partial charge is 0.00596 e. The summed E-state index contributed by atoms with van der Waals surface area (Å²) in [6.45, 7) is 19.6. The Morgan fingerprint density at radius 2 is 1.00 bits per heavy atom. The topological polar surface area (TPSA) is 0 Å². The summed E-state index contributed by atoms with van der Waals surface area (Å²) in [5.41, 5.74) is 5.83. The number of rotatable bonds is 10. The van der Waals surface area contributed by atoms with Gasteiger partial charge in [0, 0.05) is 5.92 Å². The van der Waals surface area contributed by atoms with Crippen LogP contribution < -0.4 is 0 Å². The Bertz CT molecular complexity index is 428. The Hall–Kier alpha value is -1.82. The van der Waals surface area contributed by atoms with Crippen LogP contribution in [0.5, 0.6) is 0 Å². The summed E-state index contributed by atoms with van der Waals surface area (Å²) in [6.07, 6.45) is 14.7. The van der Waals surface area contributed by atoms with Crippen LogP contribution in [-0.2, 0) is 0 Å².